The Hall–Kier alpha value is -2.01. The van der Waals surface area contributed by atoms with Gasteiger partial charge in [-0.1, -0.05) is 6.92 Å². The zero-order chi connectivity index (χ0) is 15.1. The molecule has 0 fully saturated rings. The van der Waals surface area contributed by atoms with Crippen LogP contribution in [0, 0.1) is 0 Å². The lowest BCUT2D eigenvalue weighted by Crippen LogP contribution is -2.13. The number of ether oxygens (including phenoxy) is 2. The number of halogens is 1. The number of hydrogen-bond acceptors (Lipinski definition) is 5. The quantitative estimate of drug-likeness (QED) is 0.629. The summed E-state index contributed by atoms with van der Waals surface area (Å²) in [5, 5.41) is 3.43. The van der Waals surface area contributed by atoms with Gasteiger partial charge in [-0.2, -0.15) is 0 Å². The van der Waals surface area contributed by atoms with Gasteiger partial charge in [0.15, 0.2) is 0 Å². The van der Waals surface area contributed by atoms with E-state index in [1.807, 2.05) is 37.3 Å². The Morgan fingerprint density at radius 3 is 2.52 bits per heavy atom. The molecule has 2 rings (SSSR count). The highest BCUT2D eigenvalue weighted by molar-refractivity contribution is 6.28. The lowest BCUT2D eigenvalue weighted by Gasteiger charge is -2.09. The molecule has 0 aliphatic carbocycles. The van der Waals surface area contributed by atoms with E-state index < -0.39 is 0 Å². The van der Waals surface area contributed by atoms with Crippen molar-refractivity contribution in [2.45, 2.75) is 13.3 Å². The van der Waals surface area contributed by atoms with Gasteiger partial charge in [-0.05, 0) is 42.3 Å². The second kappa shape index (κ2) is 7.69. The van der Waals surface area contributed by atoms with Crippen molar-refractivity contribution < 1.29 is 9.47 Å². The zero-order valence-corrected chi connectivity index (χ0v) is 12.9. The summed E-state index contributed by atoms with van der Waals surface area (Å²) in [6.07, 6.45) is 0.819. The fourth-order valence-electron chi connectivity index (χ4n) is 1.76. The summed E-state index contributed by atoms with van der Waals surface area (Å²) in [5.74, 6) is 2.32. The molecule has 6 heteroatoms. The molecule has 0 aliphatic heterocycles. The van der Waals surface area contributed by atoms with Gasteiger partial charge in [-0.25, -0.2) is 9.97 Å². The number of nitrogens with zero attached hydrogens (tertiary/aromatic N) is 2. The molecule has 0 amide bonds. The molecule has 0 saturated carbocycles. The summed E-state index contributed by atoms with van der Waals surface area (Å²) in [5.41, 5.74) is 0.911. The fraction of sp³-hybridized carbons (Fsp3) is 0.333. The maximum atomic E-state index is 5.86. The molecule has 1 heterocycles. The third kappa shape index (κ3) is 4.79. The van der Waals surface area contributed by atoms with Crippen molar-refractivity contribution in [2.24, 2.45) is 0 Å². The maximum absolute atomic E-state index is 5.86. The topological polar surface area (TPSA) is 56.3 Å². The highest BCUT2D eigenvalue weighted by atomic mass is 35.5. The highest BCUT2D eigenvalue weighted by Gasteiger charge is 2.01. The van der Waals surface area contributed by atoms with Gasteiger partial charge in [0.25, 0.3) is 0 Å². The lowest BCUT2D eigenvalue weighted by atomic mass is 10.3. The van der Waals surface area contributed by atoms with E-state index >= 15 is 0 Å². The zero-order valence-electron chi connectivity index (χ0n) is 12.1. The molecule has 1 aromatic heterocycles. The second-order valence-electron chi connectivity index (χ2n) is 4.32. The summed E-state index contributed by atoms with van der Waals surface area (Å²) in [4.78, 5) is 8.24. The number of methoxy groups -OCH3 is 1. The van der Waals surface area contributed by atoms with E-state index in [0.717, 1.165) is 23.6 Å². The van der Waals surface area contributed by atoms with Crippen molar-refractivity contribution in [3.8, 4) is 11.5 Å². The molecule has 0 saturated heterocycles. The van der Waals surface area contributed by atoms with Crippen LogP contribution in [0.1, 0.15) is 12.6 Å². The first kappa shape index (κ1) is 15.4. The van der Waals surface area contributed by atoms with Crippen molar-refractivity contribution in [1.29, 1.82) is 0 Å². The van der Waals surface area contributed by atoms with Gasteiger partial charge in [0, 0.05) is 11.8 Å². The minimum atomic E-state index is 0.257. The summed E-state index contributed by atoms with van der Waals surface area (Å²) >= 11 is 5.86. The number of aryl methyl sites for hydroxylation is 1. The Kier molecular flexibility index (Phi) is 5.63. The van der Waals surface area contributed by atoms with Crippen LogP contribution in [0.15, 0.2) is 30.3 Å². The average molecular weight is 308 g/mol. The van der Waals surface area contributed by atoms with E-state index in [9.17, 15) is 0 Å². The molecule has 0 aliphatic rings. The first-order valence-corrected chi connectivity index (χ1v) is 7.13. The van der Waals surface area contributed by atoms with Crippen LogP contribution in [0.3, 0.4) is 0 Å². The van der Waals surface area contributed by atoms with Gasteiger partial charge >= 0.3 is 0 Å². The molecule has 0 bridgehead atoms. The van der Waals surface area contributed by atoms with Crippen LogP contribution in [0.5, 0.6) is 11.5 Å². The van der Waals surface area contributed by atoms with E-state index in [-0.39, 0.29) is 5.28 Å². The largest absolute Gasteiger partial charge is 0.497 e. The number of aromatic nitrogens is 2. The molecular formula is C15H18ClN3O2. The number of benzene rings is 1. The fourth-order valence-corrected chi connectivity index (χ4v) is 1.96. The normalized spacial score (nSPS) is 10.2. The first-order chi connectivity index (χ1) is 10.2. The van der Waals surface area contributed by atoms with Gasteiger partial charge in [-0.3, -0.25) is 0 Å². The third-order valence-electron chi connectivity index (χ3n) is 2.85. The lowest BCUT2D eigenvalue weighted by molar-refractivity contribution is 0.331. The predicted molar refractivity (Wildman–Crippen MR) is 83.4 cm³/mol. The molecule has 5 nitrogen and oxygen atoms in total. The first-order valence-electron chi connectivity index (χ1n) is 6.75. The highest BCUT2D eigenvalue weighted by Crippen LogP contribution is 2.17. The van der Waals surface area contributed by atoms with Crippen LogP contribution in [-0.4, -0.2) is 30.2 Å². The van der Waals surface area contributed by atoms with E-state index in [1.165, 1.54) is 0 Å². The van der Waals surface area contributed by atoms with E-state index in [4.69, 9.17) is 21.1 Å². The molecule has 21 heavy (non-hydrogen) atoms. The van der Waals surface area contributed by atoms with Crippen molar-refractivity contribution in [1.82, 2.24) is 9.97 Å². The Balaban J connectivity index is 1.80. The van der Waals surface area contributed by atoms with E-state index in [1.54, 1.807) is 7.11 Å². The number of anilines is 1. The number of rotatable bonds is 7. The molecule has 0 spiro atoms. The standard InChI is InChI=1S/C15H18ClN3O2/c1-3-11-10-14(19-15(16)18-11)17-8-9-21-13-6-4-12(20-2)5-7-13/h4-7,10H,3,8-9H2,1-2H3,(H,17,18,19). The second-order valence-corrected chi connectivity index (χ2v) is 4.66. The van der Waals surface area contributed by atoms with Crippen LogP contribution in [0.4, 0.5) is 5.82 Å². The van der Waals surface area contributed by atoms with Gasteiger partial charge in [0.1, 0.15) is 23.9 Å². The number of nitrogens with one attached hydrogen (secondary N) is 1. The smallest absolute Gasteiger partial charge is 0.224 e. The van der Waals surface area contributed by atoms with Crippen LogP contribution in [0.2, 0.25) is 5.28 Å². The summed E-state index contributed by atoms with van der Waals surface area (Å²) in [7, 11) is 1.64. The Morgan fingerprint density at radius 2 is 1.86 bits per heavy atom. The van der Waals surface area contributed by atoms with Crippen molar-refractivity contribution >= 4 is 17.4 Å². The van der Waals surface area contributed by atoms with Crippen molar-refractivity contribution in [3.05, 3.63) is 41.3 Å². The monoisotopic (exact) mass is 307 g/mol. The van der Waals surface area contributed by atoms with Gasteiger partial charge in [0.05, 0.1) is 13.7 Å². The van der Waals surface area contributed by atoms with Gasteiger partial charge in [0.2, 0.25) is 5.28 Å². The SMILES string of the molecule is CCc1cc(NCCOc2ccc(OC)cc2)nc(Cl)n1. The molecule has 2 aromatic rings. The van der Waals surface area contributed by atoms with Crippen molar-refractivity contribution in [2.75, 3.05) is 25.6 Å². The average Bonchev–Trinajstić information content (AvgIpc) is 2.51. The van der Waals surface area contributed by atoms with Crippen molar-refractivity contribution in [3.63, 3.8) is 0 Å². The molecule has 112 valence electrons. The Bertz CT molecular complexity index is 576. The van der Waals surface area contributed by atoms with Crippen LogP contribution >= 0.6 is 11.6 Å². The van der Waals surface area contributed by atoms with Gasteiger partial charge < -0.3 is 14.8 Å². The van der Waals surface area contributed by atoms with E-state index in [2.05, 4.69) is 15.3 Å². The summed E-state index contributed by atoms with van der Waals surface area (Å²) < 4.78 is 10.7. The molecule has 0 atom stereocenters. The molecule has 1 aromatic carbocycles. The van der Waals surface area contributed by atoms with Crippen LogP contribution < -0.4 is 14.8 Å². The molecule has 1 N–H and O–H groups in total. The minimum Gasteiger partial charge on any atom is -0.497 e. The number of hydrogen-bond donors (Lipinski definition) is 1. The minimum absolute atomic E-state index is 0.257. The Labute approximate surface area is 129 Å². The van der Waals surface area contributed by atoms with Gasteiger partial charge in [-0.15, -0.1) is 0 Å². The molecule has 0 unspecified atom stereocenters. The Morgan fingerprint density at radius 1 is 1.14 bits per heavy atom. The summed E-state index contributed by atoms with van der Waals surface area (Å²) in [6, 6.07) is 9.35. The summed E-state index contributed by atoms with van der Waals surface area (Å²) in [6.45, 7) is 3.17. The molecule has 0 radical (unpaired) electrons. The third-order valence-corrected chi connectivity index (χ3v) is 3.02. The van der Waals surface area contributed by atoms with Crippen LogP contribution in [-0.2, 0) is 6.42 Å². The predicted octanol–water partition coefficient (Wildman–Crippen LogP) is 3.19. The molecular weight excluding hydrogens is 290 g/mol. The maximum Gasteiger partial charge on any atom is 0.224 e. The van der Waals surface area contributed by atoms with Crippen LogP contribution in [0.25, 0.3) is 0 Å². The van der Waals surface area contributed by atoms with E-state index in [0.29, 0.717) is 19.0 Å².